The van der Waals surface area contributed by atoms with Crippen molar-refractivity contribution in [1.29, 1.82) is 0 Å². The van der Waals surface area contributed by atoms with E-state index >= 15 is 0 Å². The summed E-state index contributed by atoms with van der Waals surface area (Å²) in [5.41, 5.74) is 2.57. The van der Waals surface area contributed by atoms with Gasteiger partial charge in [0.05, 0.1) is 5.41 Å². The van der Waals surface area contributed by atoms with Gasteiger partial charge in [0.2, 0.25) is 11.8 Å². The number of amides is 2. The van der Waals surface area contributed by atoms with Crippen LogP contribution < -0.4 is 10.6 Å². The maximum atomic E-state index is 13.7. The lowest BCUT2D eigenvalue weighted by Crippen LogP contribution is -2.48. The molecule has 2 N–H and O–H groups in total. The molecule has 2 aromatic rings. The number of carbonyl (C=O) groups is 2. The monoisotopic (exact) mass is 428 g/mol. The molecule has 3 atom stereocenters. The molecular formula is C23H22Cl2N2O2. The molecule has 2 aliphatic heterocycles. The lowest BCUT2D eigenvalue weighted by atomic mass is 9.59. The normalized spacial score (nSPS) is 26.7. The second-order valence-electron chi connectivity index (χ2n) is 7.71. The predicted molar refractivity (Wildman–Crippen MR) is 117 cm³/mol. The SMILES string of the molecule is C/C=C(\C)[C@H]1CC(=O)NC[C@@H](c2cccc(Cl)c2)[C@]12C(=O)Nc1cc(Cl)ccc12. The van der Waals surface area contributed by atoms with E-state index in [9.17, 15) is 9.59 Å². The highest BCUT2D eigenvalue weighted by Gasteiger charge is 2.59. The van der Waals surface area contributed by atoms with Crippen LogP contribution in [0.3, 0.4) is 0 Å². The fourth-order valence-electron chi connectivity index (χ4n) is 4.88. The molecule has 0 aromatic heterocycles. The fraction of sp³-hybridized carbons (Fsp3) is 0.304. The van der Waals surface area contributed by atoms with E-state index in [4.69, 9.17) is 23.2 Å². The maximum absolute atomic E-state index is 13.7. The van der Waals surface area contributed by atoms with Crippen LogP contribution in [0.15, 0.2) is 54.1 Å². The first-order chi connectivity index (χ1) is 13.9. The van der Waals surface area contributed by atoms with Gasteiger partial charge in [-0.2, -0.15) is 0 Å². The molecule has 1 fully saturated rings. The molecule has 1 saturated heterocycles. The van der Waals surface area contributed by atoms with E-state index in [1.807, 2.05) is 50.3 Å². The van der Waals surface area contributed by atoms with E-state index in [1.54, 1.807) is 12.1 Å². The summed E-state index contributed by atoms with van der Waals surface area (Å²) in [4.78, 5) is 26.4. The van der Waals surface area contributed by atoms with Gasteiger partial charge in [0.15, 0.2) is 0 Å². The second kappa shape index (κ2) is 7.51. The average Bonchev–Trinajstić information content (AvgIpc) is 2.86. The minimum absolute atomic E-state index is 0.0599. The van der Waals surface area contributed by atoms with Crippen LogP contribution in [0.1, 0.15) is 37.3 Å². The van der Waals surface area contributed by atoms with Gasteiger partial charge >= 0.3 is 0 Å². The molecule has 150 valence electrons. The highest BCUT2D eigenvalue weighted by atomic mass is 35.5. The molecular weight excluding hydrogens is 407 g/mol. The molecule has 6 heteroatoms. The van der Waals surface area contributed by atoms with Gasteiger partial charge in [-0.3, -0.25) is 9.59 Å². The Kier molecular flexibility index (Phi) is 5.18. The highest BCUT2D eigenvalue weighted by molar-refractivity contribution is 6.31. The van der Waals surface area contributed by atoms with Crippen molar-refractivity contribution in [1.82, 2.24) is 5.32 Å². The molecule has 0 radical (unpaired) electrons. The Hall–Kier alpha value is -2.30. The number of fused-ring (bicyclic) bond motifs is 2. The molecule has 2 aliphatic rings. The molecule has 29 heavy (non-hydrogen) atoms. The number of carbonyl (C=O) groups excluding carboxylic acids is 2. The Labute approximate surface area is 180 Å². The summed E-state index contributed by atoms with van der Waals surface area (Å²) in [6.07, 6.45) is 2.23. The van der Waals surface area contributed by atoms with Gasteiger partial charge in [-0.05, 0) is 49.2 Å². The van der Waals surface area contributed by atoms with Crippen molar-refractivity contribution >= 4 is 40.7 Å². The summed E-state index contributed by atoms with van der Waals surface area (Å²) in [6.45, 7) is 4.28. The van der Waals surface area contributed by atoms with Crippen molar-refractivity contribution < 1.29 is 9.59 Å². The first-order valence-corrected chi connectivity index (χ1v) is 10.4. The molecule has 0 saturated carbocycles. The van der Waals surface area contributed by atoms with E-state index in [0.29, 0.717) is 22.3 Å². The molecule has 0 aliphatic carbocycles. The van der Waals surface area contributed by atoms with Gasteiger partial charge in [-0.25, -0.2) is 0 Å². The zero-order valence-electron chi connectivity index (χ0n) is 16.3. The van der Waals surface area contributed by atoms with Crippen molar-refractivity contribution in [3.05, 3.63) is 75.3 Å². The maximum Gasteiger partial charge on any atom is 0.236 e. The molecule has 2 aromatic carbocycles. The summed E-state index contributed by atoms with van der Waals surface area (Å²) >= 11 is 12.5. The molecule has 2 amide bonds. The van der Waals surface area contributed by atoms with Crippen molar-refractivity contribution in [2.45, 2.75) is 31.6 Å². The van der Waals surface area contributed by atoms with E-state index < -0.39 is 5.41 Å². The zero-order valence-corrected chi connectivity index (χ0v) is 17.8. The van der Waals surface area contributed by atoms with E-state index in [1.165, 1.54) is 0 Å². The Balaban J connectivity index is 2.04. The molecule has 4 nitrogen and oxygen atoms in total. The van der Waals surface area contributed by atoms with Gasteiger partial charge in [0.25, 0.3) is 0 Å². The van der Waals surface area contributed by atoms with Gasteiger partial charge in [0, 0.05) is 40.5 Å². The smallest absolute Gasteiger partial charge is 0.236 e. The van der Waals surface area contributed by atoms with Gasteiger partial charge < -0.3 is 10.6 Å². The Bertz CT molecular complexity index is 1030. The van der Waals surface area contributed by atoms with Crippen LogP contribution in [0.5, 0.6) is 0 Å². The first kappa shape index (κ1) is 20.0. The van der Waals surface area contributed by atoms with E-state index in [-0.39, 0.29) is 30.1 Å². The summed E-state index contributed by atoms with van der Waals surface area (Å²) in [6, 6.07) is 13.0. The van der Waals surface area contributed by atoms with Crippen molar-refractivity contribution in [2.24, 2.45) is 5.92 Å². The topological polar surface area (TPSA) is 58.2 Å². The number of allylic oxidation sites excluding steroid dienone is 2. The number of benzene rings is 2. The van der Waals surface area contributed by atoms with Crippen LogP contribution in [0.4, 0.5) is 5.69 Å². The third-order valence-corrected chi connectivity index (χ3v) is 6.77. The summed E-state index contributed by atoms with van der Waals surface area (Å²) < 4.78 is 0. The lowest BCUT2D eigenvalue weighted by molar-refractivity contribution is -0.124. The Morgan fingerprint density at radius 3 is 2.62 bits per heavy atom. The summed E-state index contributed by atoms with van der Waals surface area (Å²) in [5, 5.41) is 7.22. The number of nitrogens with one attached hydrogen (secondary N) is 2. The largest absolute Gasteiger partial charge is 0.355 e. The van der Waals surface area contributed by atoms with Gasteiger partial charge in [0.1, 0.15) is 0 Å². The minimum atomic E-state index is -0.944. The number of rotatable bonds is 2. The Morgan fingerprint density at radius 1 is 1.14 bits per heavy atom. The number of hydrogen-bond acceptors (Lipinski definition) is 2. The fourth-order valence-corrected chi connectivity index (χ4v) is 5.26. The van der Waals surface area contributed by atoms with Crippen molar-refractivity contribution in [3.8, 4) is 0 Å². The van der Waals surface area contributed by atoms with E-state index in [2.05, 4.69) is 10.6 Å². The molecule has 2 heterocycles. The second-order valence-corrected chi connectivity index (χ2v) is 8.59. The predicted octanol–water partition coefficient (Wildman–Crippen LogP) is 5.07. The average molecular weight is 429 g/mol. The molecule has 0 bridgehead atoms. The van der Waals surface area contributed by atoms with Crippen LogP contribution in [0, 0.1) is 5.92 Å². The van der Waals surface area contributed by atoms with Crippen molar-refractivity contribution in [3.63, 3.8) is 0 Å². The third-order valence-electron chi connectivity index (χ3n) is 6.30. The third kappa shape index (κ3) is 3.15. The summed E-state index contributed by atoms with van der Waals surface area (Å²) in [5.74, 6) is -0.742. The quantitative estimate of drug-likeness (QED) is 0.655. The molecule has 1 spiro atoms. The zero-order chi connectivity index (χ0) is 20.8. The van der Waals surface area contributed by atoms with Crippen LogP contribution in [0.25, 0.3) is 0 Å². The highest BCUT2D eigenvalue weighted by Crippen LogP contribution is 2.55. The standard InChI is InChI=1S/C23H22Cl2N2O2/c1-3-13(2)18-11-21(28)26-12-19(14-5-4-6-15(24)9-14)23(18)17-8-7-16(25)10-20(17)27-22(23)29/h3-10,18-19H,11-12H2,1-2H3,(H,26,28)(H,27,29)/b13-3+/t18-,19+,23-/m1/s1. The minimum Gasteiger partial charge on any atom is -0.355 e. The molecule has 4 rings (SSSR count). The van der Waals surface area contributed by atoms with Gasteiger partial charge in [-0.1, -0.05) is 53.1 Å². The van der Waals surface area contributed by atoms with Gasteiger partial charge in [-0.15, -0.1) is 0 Å². The Morgan fingerprint density at radius 2 is 1.90 bits per heavy atom. The molecule has 0 unspecified atom stereocenters. The van der Waals surface area contributed by atoms with Crippen LogP contribution in [-0.4, -0.2) is 18.4 Å². The summed E-state index contributed by atoms with van der Waals surface area (Å²) in [7, 11) is 0. The number of halogens is 2. The van der Waals surface area contributed by atoms with Crippen molar-refractivity contribution in [2.75, 3.05) is 11.9 Å². The van der Waals surface area contributed by atoms with Crippen LogP contribution in [0.2, 0.25) is 10.0 Å². The van der Waals surface area contributed by atoms with Crippen LogP contribution >= 0.6 is 23.2 Å². The van der Waals surface area contributed by atoms with E-state index in [0.717, 1.165) is 16.7 Å². The lowest BCUT2D eigenvalue weighted by Gasteiger charge is -2.41. The van der Waals surface area contributed by atoms with Crippen LogP contribution in [-0.2, 0) is 15.0 Å². The first-order valence-electron chi connectivity index (χ1n) is 9.64. The number of anilines is 1. The number of hydrogen-bond donors (Lipinski definition) is 2.